The van der Waals surface area contributed by atoms with E-state index in [2.05, 4.69) is 49.8 Å². The minimum Gasteiger partial charge on any atom is -0.298 e. The summed E-state index contributed by atoms with van der Waals surface area (Å²) in [6, 6.07) is 6.91. The maximum Gasteiger partial charge on any atom is 0.0543 e. The zero-order chi connectivity index (χ0) is 13.9. The zero-order valence-corrected chi connectivity index (χ0v) is 12.9. The molecular weight excluding hydrogens is 232 g/mol. The molecule has 0 amide bonds. The lowest BCUT2D eigenvalue weighted by Gasteiger charge is -2.43. The standard InChI is InChI=1S/C17H28N2/c1-14(2)17(3)10-8-16(9-11-17)19(4)13-15-7-5-6-12-18-15/h5-7,12,14,16H,8-11,13H2,1-4H3/t16-,17+. The summed E-state index contributed by atoms with van der Waals surface area (Å²) in [5.74, 6) is 0.801. The van der Waals surface area contributed by atoms with Crippen molar-refractivity contribution in [1.29, 1.82) is 0 Å². The molecule has 0 atom stereocenters. The van der Waals surface area contributed by atoms with Gasteiger partial charge < -0.3 is 0 Å². The van der Waals surface area contributed by atoms with Gasteiger partial charge in [0.25, 0.3) is 0 Å². The van der Waals surface area contributed by atoms with E-state index >= 15 is 0 Å². The summed E-state index contributed by atoms with van der Waals surface area (Å²) < 4.78 is 0. The number of aromatic nitrogens is 1. The van der Waals surface area contributed by atoms with Crippen molar-refractivity contribution in [3.05, 3.63) is 30.1 Å². The van der Waals surface area contributed by atoms with Crippen LogP contribution in [-0.2, 0) is 6.54 Å². The number of rotatable bonds is 4. The predicted octanol–water partition coefficient (Wildman–Crippen LogP) is 4.12. The van der Waals surface area contributed by atoms with Crippen molar-refractivity contribution >= 4 is 0 Å². The Bertz CT molecular complexity index is 378. The second-order valence-electron chi connectivity index (χ2n) is 6.78. The maximum atomic E-state index is 4.43. The predicted molar refractivity (Wildman–Crippen MR) is 80.9 cm³/mol. The molecule has 2 rings (SSSR count). The first kappa shape index (κ1) is 14.5. The van der Waals surface area contributed by atoms with E-state index in [0.29, 0.717) is 5.41 Å². The summed E-state index contributed by atoms with van der Waals surface area (Å²) in [6.07, 6.45) is 7.28. The Morgan fingerprint density at radius 2 is 2.00 bits per heavy atom. The van der Waals surface area contributed by atoms with Gasteiger partial charge in [0.2, 0.25) is 0 Å². The minimum absolute atomic E-state index is 0.558. The molecule has 0 spiro atoms. The van der Waals surface area contributed by atoms with Gasteiger partial charge in [-0.3, -0.25) is 9.88 Å². The second kappa shape index (κ2) is 6.04. The molecule has 0 N–H and O–H groups in total. The van der Waals surface area contributed by atoms with Crippen LogP contribution in [0.1, 0.15) is 52.1 Å². The van der Waals surface area contributed by atoms with Gasteiger partial charge in [-0.1, -0.05) is 26.8 Å². The largest absolute Gasteiger partial charge is 0.298 e. The van der Waals surface area contributed by atoms with Crippen LogP contribution in [-0.4, -0.2) is 23.0 Å². The molecule has 1 aliphatic rings. The SMILES string of the molecule is CC(C)[C@]1(C)CC[C@H](N(C)Cc2ccccn2)CC1. The molecule has 1 aromatic heterocycles. The molecule has 1 heterocycles. The Morgan fingerprint density at radius 1 is 1.32 bits per heavy atom. The highest BCUT2D eigenvalue weighted by atomic mass is 15.1. The van der Waals surface area contributed by atoms with Gasteiger partial charge in [-0.15, -0.1) is 0 Å². The Hall–Kier alpha value is -0.890. The van der Waals surface area contributed by atoms with E-state index in [9.17, 15) is 0 Å². The summed E-state index contributed by atoms with van der Waals surface area (Å²) >= 11 is 0. The third-order valence-corrected chi connectivity index (χ3v) is 5.25. The first-order chi connectivity index (χ1) is 9.01. The molecule has 0 unspecified atom stereocenters. The molecule has 106 valence electrons. The third-order valence-electron chi connectivity index (χ3n) is 5.25. The van der Waals surface area contributed by atoms with Crippen LogP contribution >= 0.6 is 0 Å². The summed E-state index contributed by atoms with van der Waals surface area (Å²) in [7, 11) is 2.25. The monoisotopic (exact) mass is 260 g/mol. The molecule has 0 aromatic carbocycles. The summed E-state index contributed by atoms with van der Waals surface area (Å²) in [4.78, 5) is 6.92. The Kier molecular flexibility index (Phi) is 4.62. The van der Waals surface area contributed by atoms with E-state index in [1.165, 1.54) is 31.4 Å². The molecule has 1 aliphatic carbocycles. The first-order valence-electron chi connectivity index (χ1n) is 7.61. The average Bonchev–Trinajstić information content (AvgIpc) is 2.40. The smallest absolute Gasteiger partial charge is 0.0543 e. The van der Waals surface area contributed by atoms with Crippen LogP contribution in [0.15, 0.2) is 24.4 Å². The van der Waals surface area contributed by atoms with Crippen molar-refractivity contribution in [3.8, 4) is 0 Å². The third kappa shape index (κ3) is 3.56. The highest BCUT2D eigenvalue weighted by Gasteiger charge is 2.34. The Balaban J connectivity index is 1.88. The molecule has 0 bridgehead atoms. The maximum absolute atomic E-state index is 4.43. The van der Waals surface area contributed by atoms with Crippen LogP contribution in [0.3, 0.4) is 0 Å². The average molecular weight is 260 g/mol. The van der Waals surface area contributed by atoms with Crippen molar-refractivity contribution in [2.75, 3.05) is 7.05 Å². The van der Waals surface area contributed by atoms with Crippen molar-refractivity contribution < 1.29 is 0 Å². The highest BCUT2D eigenvalue weighted by Crippen LogP contribution is 2.42. The number of nitrogens with zero attached hydrogens (tertiary/aromatic N) is 2. The van der Waals surface area contributed by atoms with Gasteiger partial charge in [-0.2, -0.15) is 0 Å². The van der Waals surface area contributed by atoms with Crippen LogP contribution in [0.5, 0.6) is 0 Å². The lowest BCUT2D eigenvalue weighted by Crippen LogP contribution is -2.39. The van der Waals surface area contributed by atoms with E-state index in [1.807, 2.05) is 12.3 Å². The molecule has 1 aromatic rings. The van der Waals surface area contributed by atoms with Gasteiger partial charge in [-0.05, 0) is 56.2 Å². The van der Waals surface area contributed by atoms with Crippen LogP contribution in [0, 0.1) is 11.3 Å². The van der Waals surface area contributed by atoms with Crippen LogP contribution < -0.4 is 0 Å². The van der Waals surface area contributed by atoms with Crippen molar-refractivity contribution in [3.63, 3.8) is 0 Å². The lowest BCUT2D eigenvalue weighted by atomic mass is 9.67. The van der Waals surface area contributed by atoms with E-state index < -0.39 is 0 Å². The fourth-order valence-electron chi connectivity index (χ4n) is 3.16. The zero-order valence-electron chi connectivity index (χ0n) is 12.9. The molecule has 1 saturated carbocycles. The van der Waals surface area contributed by atoms with Gasteiger partial charge in [0.05, 0.1) is 5.69 Å². The Morgan fingerprint density at radius 3 is 2.53 bits per heavy atom. The number of hydrogen-bond acceptors (Lipinski definition) is 2. The second-order valence-corrected chi connectivity index (χ2v) is 6.78. The van der Waals surface area contributed by atoms with Gasteiger partial charge in [0.15, 0.2) is 0 Å². The van der Waals surface area contributed by atoms with Crippen molar-refractivity contribution in [2.24, 2.45) is 11.3 Å². The van der Waals surface area contributed by atoms with Gasteiger partial charge in [0.1, 0.15) is 0 Å². The minimum atomic E-state index is 0.558. The molecular formula is C17H28N2. The van der Waals surface area contributed by atoms with Crippen molar-refractivity contribution in [2.45, 2.75) is 59.0 Å². The highest BCUT2D eigenvalue weighted by molar-refractivity contribution is 5.03. The summed E-state index contributed by atoms with van der Waals surface area (Å²) in [5, 5.41) is 0. The fourth-order valence-corrected chi connectivity index (χ4v) is 3.16. The topological polar surface area (TPSA) is 16.1 Å². The molecule has 0 aliphatic heterocycles. The normalized spacial score (nSPS) is 28.0. The van der Waals surface area contributed by atoms with Gasteiger partial charge >= 0.3 is 0 Å². The Labute approximate surface area is 118 Å². The van der Waals surface area contributed by atoms with E-state index in [1.54, 1.807) is 0 Å². The van der Waals surface area contributed by atoms with Crippen LogP contribution in [0.2, 0.25) is 0 Å². The van der Waals surface area contributed by atoms with Gasteiger partial charge in [-0.25, -0.2) is 0 Å². The summed E-state index contributed by atoms with van der Waals surface area (Å²) in [5.41, 5.74) is 1.74. The van der Waals surface area contributed by atoms with Crippen LogP contribution in [0.4, 0.5) is 0 Å². The van der Waals surface area contributed by atoms with E-state index in [0.717, 1.165) is 18.5 Å². The quantitative estimate of drug-likeness (QED) is 0.809. The molecule has 2 nitrogen and oxygen atoms in total. The molecule has 0 radical (unpaired) electrons. The van der Waals surface area contributed by atoms with Crippen molar-refractivity contribution in [1.82, 2.24) is 9.88 Å². The van der Waals surface area contributed by atoms with E-state index in [4.69, 9.17) is 0 Å². The van der Waals surface area contributed by atoms with Crippen LogP contribution in [0.25, 0.3) is 0 Å². The molecule has 2 heteroatoms. The molecule has 0 saturated heterocycles. The summed E-state index contributed by atoms with van der Waals surface area (Å²) in [6.45, 7) is 8.19. The first-order valence-corrected chi connectivity index (χ1v) is 7.61. The van der Waals surface area contributed by atoms with E-state index in [-0.39, 0.29) is 0 Å². The fraction of sp³-hybridized carbons (Fsp3) is 0.706. The molecule has 1 fully saturated rings. The lowest BCUT2D eigenvalue weighted by molar-refractivity contribution is 0.0773. The van der Waals surface area contributed by atoms with Gasteiger partial charge in [0, 0.05) is 18.8 Å². The number of pyridine rings is 1. The molecule has 19 heavy (non-hydrogen) atoms. The number of hydrogen-bond donors (Lipinski definition) is 0.